The standard InChI is InChI=1S/C30H46N4S2/c1-3-5-7-9-11-13-15-17-19-27-31-33-29(35-27)25-21-23-26(24-22-25)30-34-32-28(36-30)20-18-16-14-12-10-8-6-4-2/h21-24H,3-20H2,1-2H3. The second-order valence-corrected chi connectivity index (χ2v) is 12.2. The molecule has 0 amide bonds. The number of unbranched alkanes of at least 4 members (excludes halogenated alkanes) is 14. The van der Waals surface area contributed by atoms with Gasteiger partial charge >= 0.3 is 0 Å². The minimum absolute atomic E-state index is 1.02. The quantitative estimate of drug-likeness (QED) is 0.137. The van der Waals surface area contributed by atoms with Crippen LogP contribution in [0.4, 0.5) is 0 Å². The third kappa shape index (κ3) is 10.8. The summed E-state index contributed by atoms with van der Waals surface area (Å²) < 4.78 is 0. The third-order valence-electron chi connectivity index (χ3n) is 6.80. The van der Waals surface area contributed by atoms with Crippen molar-refractivity contribution in [1.29, 1.82) is 0 Å². The van der Waals surface area contributed by atoms with Gasteiger partial charge < -0.3 is 0 Å². The fraction of sp³-hybridized carbons (Fsp3) is 0.667. The van der Waals surface area contributed by atoms with E-state index in [-0.39, 0.29) is 0 Å². The Labute approximate surface area is 227 Å². The van der Waals surface area contributed by atoms with Gasteiger partial charge in [-0.2, -0.15) is 0 Å². The number of hydrogen-bond acceptors (Lipinski definition) is 6. The molecule has 3 rings (SSSR count). The largest absolute Gasteiger partial charge is 0.147 e. The minimum atomic E-state index is 1.02. The van der Waals surface area contributed by atoms with Crippen molar-refractivity contribution < 1.29 is 0 Å². The first-order chi connectivity index (χ1) is 17.8. The van der Waals surface area contributed by atoms with Crippen molar-refractivity contribution in [1.82, 2.24) is 20.4 Å². The highest BCUT2D eigenvalue weighted by Crippen LogP contribution is 2.29. The number of hydrogen-bond donors (Lipinski definition) is 0. The Balaban J connectivity index is 1.36. The topological polar surface area (TPSA) is 51.6 Å². The van der Waals surface area contributed by atoms with Crippen molar-refractivity contribution >= 4 is 22.7 Å². The zero-order valence-electron chi connectivity index (χ0n) is 22.6. The van der Waals surface area contributed by atoms with Crippen LogP contribution in [0.1, 0.15) is 127 Å². The summed E-state index contributed by atoms with van der Waals surface area (Å²) in [5, 5.41) is 22.2. The number of aromatic nitrogens is 4. The molecule has 0 bridgehead atoms. The Hall–Kier alpha value is -1.66. The lowest BCUT2D eigenvalue weighted by Crippen LogP contribution is -1.86. The molecule has 0 unspecified atom stereocenters. The molecule has 1 aromatic carbocycles. The Bertz CT molecular complexity index is 871. The van der Waals surface area contributed by atoms with Crippen LogP contribution in [0.3, 0.4) is 0 Å². The van der Waals surface area contributed by atoms with Crippen molar-refractivity contribution in [3.8, 4) is 21.1 Å². The summed E-state index contributed by atoms with van der Waals surface area (Å²) in [4.78, 5) is 0. The minimum Gasteiger partial charge on any atom is -0.143 e. The molecule has 3 aromatic rings. The molecule has 0 aliphatic rings. The van der Waals surface area contributed by atoms with Crippen molar-refractivity contribution in [2.45, 2.75) is 129 Å². The molecule has 0 aliphatic carbocycles. The normalized spacial score (nSPS) is 11.4. The van der Waals surface area contributed by atoms with Crippen molar-refractivity contribution in [2.75, 3.05) is 0 Å². The lowest BCUT2D eigenvalue weighted by molar-refractivity contribution is 0.574. The van der Waals surface area contributed by atoms with Gasteiger partial charge in [0.1, 0.15) is 20.0 Å². The van der Waals surface area contributed by atoms with E-state index in [2.05, 4.69) is 58.5 Å². The smallest absolute Gasteiger partial charge is 0.143 e. The summed E-state index contributed by atoms with van der Waals surface area (Å²) in [6.45, 7) is 4.55. The van der Waals surface area contributed by atoms with Crippen LogP contribution in [0.2, 0.25) is 0 Å². The maximum Gasteiger partial charge on any atom is 0.147 e. The number of benzene rings is 1. The molecule has 0 N–H and O–H groups in total. The van der Waals surface area contributed by atoms with Gasteiger partial charge in [-0.3, -0.25) is 0 Å². The molecular weight excluding hydrogens is 480 g/mol. The molecule has 36 heavy (non-hydrogen) atoms. The average Bonchev–Trinajstić information content (AvgIpc) is 3.57. The second-order valence-electron chi connectivity index (χ2n) is 10.0. The zero-order chi connectivity index (χ0) is 25.3. The van der Waals surface area contributed by atoms with E-state index in [0.29, 0.717) is 0 Å². The molecule has 0 spiro atoms. The fourth-order valence-electron chi connectivity index (χ4n) is 4.52. The molecule has 6 heteroatoms. The molecule has 0 atom stereocenters. The van der Waals surface area contributed by atoms with Crippen LogP contribution in [0.25, 0.3) is 21.1 Å². The summed E-state index contributed by atoms with van der Waals surface area (Å²) >= 11 is 3.47. The number of nitrogens with zero attached hydrogens (tertiary/aromatic N) is 4. The van der Waals surface area contributed by atoms with Gasteiger partial charge in [0.2, 0.25) is 0 Å². The Morgan fingerprint density at radius 3 is 1.14 bits per heavy atom. The van der Waals surface area contributed by atoms with Gasteiger partial charge in [-0.05, 0) is 12.8 Å². The Morgan fingerprint density at radius 1 is 0.444 bits per heavy atom. The van der Waals surface area contributed by atoms with Crippen LogP contribution < -0.4 is 0 Å². The van der Waals surface area contributed by atoms with E-state index < -0.39 is 0 Å². The molecule has 0 saturated heterocycles. The van der Waals surface area contributed by atoms with E-state index in [1.54, 1.807) is 22.7 Å². The average molecular weight is 527 g/mol. The maximum atomic E-state index is 4.45. The van der Waals surface area contributed by atoms with E-state index in [9.17, 15) is 0 Å². The lowest BCUT2D eigenvalue weighted by Gasteiger charge is -2.00. The van der Waals surface area contributed by atoms with E-state index >= 15 is 0 Å². The Morgan fingerprint density at radius 2 is 0.778 bits per heavy atom. The molecule has 0 radical (unpaired) electrons. The highest BCUT2D eigenvalue weighted by Gasteiger charge is 2.10. The monoisotopic (exact) mass is 526 g/mol. The van der Waals surface area contributed by atoms with E-state index in [0.717, 1.165) is 44.0 Å². The second kappa shape index (κ2) is 17.7. The van der Waals surface area contributed by atoms with E-state index in [1.807, 2.05) is 0 Å². The summed E-state index contributed by atoms with van der Waals surface area (Å²) in [5.41, 5.74) is 2.28. The zero-order valence-corrected chi connectivity index (χ0v) is 24.3. The van der Waals surface area contributed by atoms with Gasteiger partial charge in [-0.25, -0.2) is 0 Å². The summed E-state index contributed by atoms with van der Waals surface area (Å²) in [6.07, 6.45) is 23.6. The fourth-order valence-corrected chi connectivity index (χ4v) is 6.29. The van der Waals surface area contributed by atoms with Crippen LogP contribution in [0, 0.1) is 0 Å². The van der Waals surface area contributed by atoms with Gasteiger partial charge in [0.15, 0.2) is 0 Å². The van der Waals surface area contributed by atoms with Crippen LogP contribution in [0.15, 0.2) is 24.3 Å². The highest BCUT2D eigenvalue weighted by atomic mass is 32.1. The van der Waals surface area contributed by atoms with E-state index in [1.165, 1.54) is 103 Å². The Kier molecular flexibility index (Phi) is 14.2. The molecular formula is C30H46N4S2. The predicted molar refractivity (Wildman–Crippen MR) is 157 cm³/mol. The SMILES string of the molecule is CCCCCCCCCCc1nnc(-c2ccc(-c3nnc(CCCCCCCCCC)s3)cc2)s1. The lowest BCUT2D eigenvalue weighted by atomic mass is 10.1. The summed E-state index contributed by atoms with van der Waals surface area (Å²) in [6, 6.07) is 8.59. The predicted octanol–water partition coefficient (Wildman–Crippen LogP) is 10.1. The molecule has 0 fully saturated rings. The van der Waals surface area contributed by atoms with E-state index in [4.69, 9.17) is 0 Å². The number of aryl methyl sites for hydroxylation is 2. The first-order valence-electron chi connectivity index (χ1n) is 14.6. The molecule has 0 aliphatic heterocycles. The van der Waals surface area contributed by atoms with Gasteiger partial charge in [-0.15, -0.1) is 20.4 Å². The van der Waals surface area contributed by atoms with Crippen molar-refractivity contribution in [2.24, 2.45) is 0 Å². The van der Waals surface area contributed by atoms with Gasteiger partial charge in [-0.1, -0.05) is 151 Å². The third-order valence-corrected chi connectivity index (χ3v) is 8.87. The van der Waals surface area contributed by atoms with Gasteiger partial charge in [0.05, 0.1) is 0 Å². The molecule has 198 valence electrons. The van der Waals surface area contributed by atoms with Crippen molar-refractivity contribution in [3.05, 3.63) is 34.3 Å². The van der Waals surface area contributed by atoms with Crippen LogP contribution in [-0.4, -0.2) is 20.4 Å². The van der Waals surface area contributed by atoms with Crippen LogP contribution >= 0.6 is 22.7 Å². The first-order valence-corrected chi connectivity index (χ1v) is 16.2. The maximum absolute atomic E-state index is 4.45. The molecule has 4 nitrogen and oxygen atoms in total. The highest BCUT2D eigenvalue weighted by molar-refractivity contribution is 7.15. The molecule has 2 aromatic heterocycles. The van der Waals surface area contributed by atoms with Crippen LogP contribution in [0.5, 0.6) is 0 Å². The molecule has 2 heterocycles. The van der Waals surface area contributed by atoms with Crippen LogP contribution in [-0.2, 0) is 12.8 Å². The van der Waals surface area contributed by atoms with Gasteiger partial charge in [0.25, 0.3) is 0 Å². The number of rotatable bonds is 20. The van der Waals surface area contributed by atoms with Gasteiger partial charge in [0, 0.05) is 24.0 Å². The first kappa shape index (κ1) is 28.9. The van der Waals surface area contributed by atoms with Crippen molar-refractivity contribution in [3.63, 3.8) is 0 Å². The summed E-state index contributed by atoms with van der Waals surface area (Å²) in [7, 11) is 0. The molecule has 0 saturated carbocycles. The summed E-state index contributed by atoms with van der Waals surface area (Å²) in [5.74, 6) is 0.